The molecule has 3 N–H and O–H groups in total. The van der Waals surface area contributed by atoms with E-state index in [9.17, 15) is 4.79 Å². The van der Waals surface area contributed by atoms with Crippen LogP contribution in [0.25, 0.3) is 0 Å². The molecule has 1 amide bonds. The molecule has 1 aromatic rings. The van der Waals surface area contributed by atoms with Gasteiger partial charge in [0.2, 0.25) is 0 Å². The van der Waals surface area contributed by atoms with Gasteiger partial charge in [-0.2, -0.15) is 0 Å². The van der Waals surface area contributed by atoms with Gasteiger partial charge in [-0.15, -0.1) is 0 Å². The van der Waals surface area contributed by atoms with E-state index in [1.165, 1.54) is 0 Å². The Balaban J connectivity index is 3.60. The Morgan fingerprint density at radius 2 is 1.53 bits per heavy atom. The number of hydrogen-bond acceptors (Lipinski definition) is 2. The zero-order valence-corrected chi connectivity index (χ0v) is 9.99. The lowest BCUT2D eigenvalue weighted by Crippen LogP contribution is -2.21. The Morgan fingerprint density at radius 3 is 2.00 bits per heavy atom. The van der Waals surface area contributed by atoms with Crippen molar-refractivity contribution in [1.29, 1.82) is 0 Å². The summed E-state index contributed by atoms with van der Waals surface area (Å²) in [4.78, 5) is 11.7. The SMILES string of the molecule is CNC(=O)c1c(C)c(C)c(C)c(N)c1C. The van der Waals surface area contributed by atoms with Gasteiger partial charge in [0.15, 0.2) is 0 Å². The number of nitrogens with two attached hydrogens (primary N) is 1. The summed E-state index contributed by atoms with van der Waals surface area (Å²) in [5, 5.41) is 2.64. The van der Waals surface area contributed by atoms with Crippen molar-refractivity contribution in [3.05, 3.63) is 27.8 Å². The van der Waals surface area contributed by atoms with Gasteiger partial charge >= 0.3 is 0 Å². The number of nitrogen functional groups attached to an aromatic ring is 1. The molecular formula is C12H18N2O. The van der Waals surface area contributed by atoms with Crippen LogP contribution >= 0.6 is 0 Å². The van der Waals surface area contributed by atoms with Crippen LogP contribution in [0.1, 0.15) is 32.6 Å². The van der Waals surface area contributed by atoms with E-state index in [1.54, 1.807) is 7.05 Å². The molecular weight excluding hydrogens is 188 g/mol. The lowest BCUT2D eigenvalue weighted by atomic mass is 9.92. The van der Waals surface area contributed by atoms with Gasteiger partial charge in [0, 0.05) is 18.3 Å². The van der Waals surface area contributed by atoms with Gasteiger partial charge < -0.3 is 11.1 Å². The number of carbonyl (C=O) groups is 1. The second kappa shape index (κ2) is 3.93. The van der Waals surface area contributed by atoms with Crippen LogP contribution in [0.4, 0.5) is 5.69 Å². The molecule has 0 radical (unpaired) electrons. The minimum absolute atomic E-state index is 0.0696. The van der Waals surface area contributed by atoms with E-state index >= 15 is 0 Å². The molecule has 1 aromatic carbocycles. The minimum Gasteiger partial charge on any atom is -0.398 e. The fourth-order valence-corrected chi connectivity index (χ4v) is 1.83. The first-order valence-electron chi connectivity index (χ1n) is 4.99. The van der Waals surface area contributed by atoms with Gasteiger partial charge in [-0.3, -0.25) is 4.79 Å². The van der Waals surface area contributed by atoms with Gasteiger partial charge in [-0.1, -0.05) is 0 Å². The molecule has 15 heavy (non-hydrogen) atoms. The molecule has 0 spiro atoms. The second-order valence-corrected chi connectivity index (χ2v) is 3.87. The molecule has 0 aromatic heterocycles. The zero-order chi connectivity index (χ0) is 11.7. The molecule has 0 heterocycles. The van der Waals surface area contributed by atoms with Crippen LogP contribution in [0.2, 0.25) is 0 Å². The highest BCUT2D eigenvalue weighted by molar-refractivity contribution is 5.99. The third-order valence-corrected chi connectivity index (χ3v) is 3.14. The number of nitrogens with one attached hydrogen (secondary N) is 1. The second-order valence-electron chi connectivity index (χ2n) is 3.87. The zero-order valence-electron chi connectivity index (χ0n) is 9.99. The smallest absolute Gasteiger partial charge is 0.251 e. The van der Waals surface area contributed by atoms with E-state index in [-0.39, 0.29) is 5.91 Å². The van der Waals surface area contributed by atoms with Crippen LogP contribution < -0.4 is 11.1 Å². The average molecular weight is 206 g/mol. The van der Waals surface area contributed by atoms with Crippen molar-refractivity contribution in [2.75, 3.05) is 12.8 Å². The molecule has 3 heteroatoms. The summed E-state index contributed by atoms with van der Waals surface area (Å²) in [6.45, 7) is 7.82. The molecule has 0 aliphatic carbocycles. The number of rotatable bonds is 1. The molecule has 1 rings (SSSR count). The van der Waals surface area contributed by atoms with Gasteiger partial charge in [-0.05, 0) is 49.9 Å². The highest BCUT2D eigenvalue weighted by Gasteiger charge is 2.17. The fourth-order valence-electron chi connectivity index (χ4n) is 1.83. The number of benzene rings is 1. The normalized spacial score (nSPS) is 10.2. The molecule has 82 valence electrons. The Kier molecular flexibility index (Phi) is 3.03. The predicted octanol–water partition coefficient (Wildman–Crippen LogP) is 1.86. The van der Waals surface area contributed by atoms with E-state index in [0.717, 1.165) is 27.9 Å². The molecule has 0 saturated heterocycles. The number of hydrogen-bond donors (Lipinski definition) is 2. The lowest BCUT2D eigenvalue weighted by Gasteiger charge is -2.16. The minimum atomic E-state index is -0.0696. The Labute approximate surface area is 90.7 Å². The van der Waals surface area contributed by atoms with E-state index in [1.807, 2.05) is 27.7 Å². The van der Waals surface area contributed by atoms with Crippen molar-refractivity contribution in [2.45, 2.75) is 27.7 Å². The maximum Gasteiger partial charge on any atom is 0.251 e. The van der Waals surface area contributed by atoms with Crippen LogP contribution in [0, 0.1) is 27.7 Å². The molecule has 0 atom stereocenters. The van der Waals surface area contributed by atoms with Crippen molar-refractivity contribution < 1.29 is 4.79 Å². The largest absolute Gasteiger partial charge is 0.398 e. The first-order valence-corrected chi connectivity index (χ1v) is 4.99. The van der Waals surface area contributed by atoms with Crippen LogP contribution in [-0.4, -0.2) is 13.0 Å². The summed E-state index contributed by atoms with van der Waals surface area (Å²) in [5.41, 5.74) is 11.4. The molecule has 0 saturated carbocycles. The number of carbonyl (C=O) groups excluding carboxylic acids is 1. The summed E-state index contributed by atoms with van der Waals surface area (Å²) in [7, 11) is 1.63. The van der Waals surface area contributed by atoms with Crippen molar-refractivity contribution >= 4 is 11.6 Å². The molecule has 0 unspecified atom stereocenters. The average Bonchev–Trinajstić information content (AvgIpc) is 2.23. The molecule has 0 aliphatic heterocycles. The van der Waals surface area contributed by atoms with Crippen molar-refractivity contribution in [1.82, 2.24) is 5.32 Å². The summed E-state index contributed by atoms with van der Waals surface area (Å²) < 4.78 is 0. The van der Waals surface area contributed by atoms with E-state index in [4.69, 9.17) is 5.73 Å². The fraction of sp³-hybridized carbons (Fsp3) is 0.417. The maximum atomic E-state index is 11.7. The van der Waals surface area contributed by atoms with Crippen LogP contribution in [0.5, 0.6) is 0 Å². The van der Waals surface area contributed by atoms with Gasteiger partial charge in [0.25, 0.3) is 5.91 Å². The molecule has 0 fully saturated rings. The van der Waals surface area contributed by atoms with E-state index in [2.05, 4.69) is 5.32 Å². The molecule has 0 aliphatic rings. The van der Waals surface area contributed by atoms with Gasteiger partial charge in [0.05, 0.1) is 0 Å². The standard InChI is InChI=1S/C12H18N2O/c1-6-7(2)10(12(15)14-5)9(4)11(13)8(6)3/h13H2,1-5H3,(H,14,15). The maximum absolute atomic E-state index is 11.7. The highest BCUT2D eigenvalue weighted by Crippen LogP contribution is 2.28. The Bertz CT molecular complexity index is 393. The van der Waals surface area contributed by atoms with Crippen LogP contribution in [0.15, 0.2) is 0 Å². The van der Waals surface area contributed by atoms with Gasteiger partial charge in [0.1, 0.15) is 0 Å². The highest BCUT2D eigenvalue weighted by atomic mass is 16.1. The lowest BCUT2D eigenvalue weighted by molar-refractivity contribution is 0.0962. The summed E-state index contributed by atoms with van der Waals surface area (Å²) in [5.74, 6) is -0.0696. The van der Waals surface area contributed by atoms with Crippen molar-refractivity contribution in [3.8, 4) is 0 Å². The third-order valence-electron chi connectivity index (χ3n) is 3.14. The first kappa shape index (κ1) is 11.6. The quantitative estimate of drug-likeness (QED) is 0.689. The van der Waals surface area contributed by atoms with E-state index in [0.29, 0.717) is 5.56 Å². The van der Waals surface area contributed by atoms with Crippen LogP contribution in [-0.2, 0) is 0 Å². The number of amides is 1. The van der Waals surface area contributed by atoms with E-state index < -0.39 is 0 Å². The molecule has 3 nitrogen and oxygen atoms in total. The topological polar surface area (TPSA) is 55.1 Å². The van der Waals surface area contributed by atoms with Crippen molar-refractivity contribution in [2.24, 2.45) is 0 Å². The van der Waals surface area contributed by atoms with Crippen LogP contribution in [0.3, 0.4) is 0 Å². The number of anilines is 1. The molecule has 0 bridgehead atoms. The first-order chi connectivity index (χ1) is 6.91. The summed E-state index contributed by atoms with van der Waals surface area (Å²) >= 11 is 0. The monoisotopic (exact) mass is 206 g/mol. The Morgan fingerprint density at radius 1 is 1.00 bits per heavy atom. The Hall–Kier alpha value is -1.51. The summed E-state index contributed by atoms with van der Waals surface area (Å²) in [6, 6.07) is 0. The predicted molar refractivity (Wildman–Crippen MR) is 63.2 cm³/mol. The summed E-state index contributed by atoms with van der Waals surface area (Å²) in [6.07, 6.45) is 0. The van der Waals surface area contributed by atoms with Crippen molar-refractivity contribution in [3.63, 3.8) is 0 Å². The van der Waals surface area contributed by atoms with Gasteiger partial charge in [-0.25, -0.2) is 0 Å². The third kappa shape index (κ3) is 1.69.